The number of nitrogens with one attached hydrogen (secondary N) is 1. The van der Waals surface area contributed by atoms with Crippen molar-refractivity contribution in [3.63, 3.8) is 0 Å². The maximum absolute atomic E-state index is 14.2. The number of halogens is 1. The van der Waals surface area contributed by atoms with Crippen LogP contribution in [0.5, 0.6) is 5.75 Å². The predicted molar refractivity (Wildman–Crippen MR) is 164 cm³/mol. The van der Waals surface area contributed by atoms with E-state index in [1.165, 1.54) is 4.90 Å². The van der Waals surface area contributed by atoms with Crippen LogP contribution in [0.15, 0.2) is 78.9 Å². The van der Waals surface area contributed by atoms with Crippen LogP contribution in [0.1, 0.15) is 31.9 Å². The molecule has 41 heavy (non-hydrogen) atoms. The third kappa shape index (κ3) is 9.50. The lowest BCUT2D eigenvalue weighted by Crippen LogP contribution is -2.53. The largest absolute Gasteiger partial charge is 0.492 e. The van der Waals surface area contributed by atoms with Crippen molar-refractivity contribution in [2.75, 3.05) is 30.3 Å². The van der Waals surface area contributed by atoms with Gasteiger partial charge in [0.15, 0.2) is 0 Å². The molecule has 8 nitrogen and oxygen atoms in total. The van der Waals surface area contributed by atoms with E-state index in [0.717, 1.165) is 16.1 Å². The number of ether oxygens (including phenoxy) is 1. The zero-order valence-corrected chi connectivity index (χ0v) is 25.5. The second-order valence-corrected chi connectivity index (χ2v) is 12.5. The average molecular weight is 600 g/mol. The lowest BCUT2D eigenvalue weighted by atomic mass is 10.0. The van der Waals surface area contributed by atoms with Crippen LogP contribution in [-0.2, 0) is 32.6 Å². The van der Waals surface area contributed by atoms with E-state index in [2.05, 4.69) is 5.32 Å². The van der Waals surface area contributed by atoms with Gasteiger partial charge >= 0.3 is 0 Å². The van der Waals surface area contributed by atoms with Gasteiger partial charge in [0, 0.05) is 24.5 Å². The molecule has 0 heterocycles. The molecule has 0 radical (unpaired) electrons. The molecule has 0 spiro atoms. The topological polar surface area (TPSA) is 96.0 Å². The van der Waals surface area contributed by atoms with Crippen LogP contribution in [0.3, 0.4) is 0 Å². The molecular formula is C31H38ClN3O5S. The van der Waals surface area contributed by atoms with Crippen molar-refractivity contribution in [1.29, 1.82) is 0 Å². The first-order valence-corrected chi connectivity index (χ1v) is 15.8. The Hall–Kier alpha value is -3.56. The fraction of sp³-hybridized carbons (Fsp3) is 0.355. The van der Waals surface area contributed by atoms with Crippen molar-refractivity contribution in [2.24, 2.45) is 5.92 Å². The summed E-state index contributed by atoms with van der Waals surface area (Å²) >= 11 is 6.25. The van der Waals surface area contributed by atoms with Crippen molar-refractivity contribution >= 4 is 39.1 Å². The molecule has 0 aliphatic heterocycles. The maximum Gasteiger partial charge on any atom is 0.244 e. The van der Waals surface area contributed by atoms with Gasteiger partial charge in [-0.3, -0.25) is 13.9 Å². The Bertz CT molecular complexity index is 1420. The molecule has 3 aromatic rings. The van der Waals surface area contributed by atoms with Crippen LogP contribution in [0.4, 0.5) is 5.69 Å². The van der Waals surface area contributed by atoms with E-state index in [1.54, 1.807) is 49.4 Å². The Labute approximate surface area is 248 Å². The second kappa shape index (κ2) is 14.9. The smallest absolute Gasteiger partial charge is 0.244 e. The number of nitrogens with zero attached hydrogens (tertiary/aromatic N) is 2. The first-order valence-electron chi connectivity index (χ1n) is 13.5. The average Bonchev–Trinajstić information content (AvgIpc) is 2.93. The monoisotopic (exact) mass is 599 g/mol. The lowest BCUT2D eigenvalue weighted by Gasteiger charge is -2.34. The minimum Gasteiger partial charge on any atom is -0.492 e. The van der Waals surface area contributed by atoms with Gasteiger partial charge in [-0.25, -0.2) is 8.42 Å². The molecule has 220 valence electrons. The van der Waals surface area contributed by atoms with E-state index in [0.29, 0.717) is 29.5 Å². The number of amides is 2. The lowest BCUT2D eigenvalue weighted by molar-refractivity contribution is -0.140. The summed E-state index contributed by atoms with van der Waals surface area (Å²) in [4.78, 5) is 29.3. The third-order valence-corrected chi connectivity index (χ3v) is 7.67. The Morgan fingerprint density at radius 2 is 1.61 bits per heavy atom. The standard InChI is InChI=1S/C31H38ClN3O5S/c1-5-40-29-17-10-9-16-27(29)35(41(4,38)39)22-30(36)34(21-25-14-11-15-26(32)18-25)28(31(37)33-20-23(2)3)19-24-12-7-6-8-13-24/h6-18,23,28H,5,19-22H2,1-4H3,(H,33,37)/t28-/m1/s1. The molecule has 3 rings (SSSR count). The van der Waals surface area contributed by atoms with E-state index in [4.69, 9.17) is 16.3 Å². The summed E-state index contributed by atoms with van der Waals surface area (Å²) in [6, 6.07) is 22.2. The van der Waals surface area contributed by atoms with E-state index >= 15 is 0 Å². The van der Waals surface area contributed by atoms with Crippen LogP contribution in [-0.4, -0.2) is 57.1 Å². The van der Waals surface area contributed by atoms with E-state index in [9.17, 15) is 18.0 Å². The maximum atomic E-state index is 14.2. The zero-order chi connectivity index (χ0) is 30.0. The summed E-state index contributed by atoms with van der Waals surface area (Å²) in [5.41, 5.74) is 1.82. The highest BCUT2D eigenvalue weighted by molar-refractivity contribution is 7.92. The molecule has 3 aromatic carbocycles. The predicted octanol–water partition coefficient (Wildman–Crippen LogP) is 4.92. The number of benzene rings is 3. The van der Waals surface area contributed by atoms with Gasteiger partial charge in [-0.2, -0.15) is 0 Å². The van der Waals surface area contributed by atoms with Gasteiger partial charge < -0.3 is 15.0 Å². The number of carbonyl (C=O) groups is 2. The van der Waals surface area contributed by atoms with E-state index < -0.39 is 28.5 Å². The minimum atomic E-state index is -3.91. The number of carbonyl (C=O) groups excluding carboxylic acids is 2. The van der Waals surface area contributed by atoms with Crippen molar-refractivity contribution < 1.29 is 22.7 Å². The Morgan fingerprint density at radius 3 is 2.24 bits per heavy atom. The number of hydrogen-bond acceptors (Lipinski definition) is 5. The molecule has 0 bridgehead atoms. The Morgan fingerprint density at radius 1 is 0.951 bits per heavy atom. The van der Waals surface area contributed by atoms with Crippen molar-refractivity contribution in [3.8, 4) is 5.75 Å². The normalized spacial score (nSPS) is 12.0. The Balaban J connectivity index is 2.07. The van der Waals surface area contributed by atoms with Gasteiger partial charge in [0.05, 0.1) is 18.6 Å². The first kappa shape index (κ1) is 32.0. The van der Waals surface area contributed by atoms with Crippen LogP contribution in [0.25, 0.3) is 0 Å². The summed E-state index contributed by atoms with van der Waals surface area (Å²) in [6.45, 7) is 6.05. The SMILES string of the molecule is CCOc1ccccc1N(CC(=O)N(Cc1cccc(Cl)c1)[C@H](Cc1ccccc1)C(=O)NCC(C)C)S(C)(=O)=O. The molecule has 0 saturated heterocycles. The van der Waals surface area contributed by atoms with Gasteiger partial charge in [-0.1, -0.05) is 80.0 Å². The van der Waals surface area contributed by atoms with Crippen LogP contribution >= 0.6 is 11.6 Å². The highest BCUT2D eigenvalue weighted by Crippen LogP contribution is 2.30. The van der Waals surface area contributed by atoms with Gasteiger partial charge in [-0.15, -0.1) is 0 Å². The minimum absolute atomic E-state index is 0.0523. The van der Waals surface area contributed by atoms with Crippen molar-refractivity contribution in [1.82, 2.24) is 10.2 Å². The summed E-state index contributed by atoms with van der Waals surface area (Å²) < 4.78 is 32.7. The number of para-hydroxylation sites is 2. The van der Waals surface area contributed by atoms with Gasteiger partial charge in [-0.05, 0) is 48.2 Å². The number of anilines is 1. The number of hydrogen-bond donors (Lipinski definition) is 1. The fourth-order valence-electron chi connectivity index (χ4n) is 4.34. The van der Waals surface area contributed by atoms with Gasteiger partial charge in [0.1, 0.15) is 18.3 Å². The fourth-order valence-corrected chi connectivity index (χ4v) is 5.41. The van der Waals surface area contributed by atoms with Crippen LogP contribution in [0.2, 0.25) is 5.02 Å². The first-order chi connectivity index (χ1) is 19.5. The summed E-state index contributed by atoms with van der Waals surface area (Å²) in [6.07, 6.45) is 1.28. The molecule has 0 aromatic heterocycles. The summed E-state index contributed by atoms with van der Waals surface area (Å²) in [5.74, 6) is -0.324. The molecule has 0 fully saturated rings. The summed E-state index contributed by atoms with van der Waals surface area (Å²) in [7, 11) is -3.91. The molecule has 10 heteroatoms. The second-order valence-electron chi connectivity index (χ2n) is 10.2. The van der Waals surface area contributed by atoms with Gasteiger partial charge in [0.2, 0.25) is 21.8 Å². The number of rotatable bonds is 14. The molecule has 0 saturated carbocycles. The molecular weight excluding hydrogens is 562 g/mol. The molecule has 2 amide bonds. The van der Waals surface area contributed by atoms with Crippen LogP contribution in [0, 0.1) is 5.92 Å². The zero-order valence-electron chi connectivity index (χ0n) is 23.9. The van der Waals surface area contributed by atoms with Gasteiger partial charge in [0.25, 0.3) is 0 Å². The van der Waals surface area contributed by atoms with Crippen molar-refractivity contribution in [3.05, 3.63) is 95.0 Å². The Kier molecular flexibility index (Phi) is 11.6. The summed E-state index contributed by atoms with van der Waals surface area (Å²) in [5, 5.41) is 3.45. The molecule has 1 atom stereocenters. The number of sulfonamides is 1. The molecule has 0 unspecified atom stereocenters. The quantitative estimate of drug-likeness (QED) is 0.284. The molecule has 1 N–H and O–H groups in total. The van der Waals surface area contributed by atoms with E-state index in [-0.39, 0.29) is 30.5 Å². The highest BCUT2D eigenvalue weighted by Gasteiger charge is 2.33. The van der Waals surface area contributed by atoms with E-state index in [1.807, 2.05) is 50.2 Å². The molecule has 0 aliphatic rings. The molecule has 0 aliphatic carbocycles. The van der Waals surface area contributed by atoms with Crippen LogP contribution < -0.4 is 14.4 Å². The highest BCUT2D eigenvalue weighted by atomic mass is 35.5. The van der Waals surface area contributed by atoms with Crippen molar-refractivity contribution in [2.45, 2.75) is 39.8 Å². The third-order valence-electron chi connectivity index (χ3n) is 6.31.